The van der Waals surface area contributed by atoms with E-state index < -0.39 is 0 Å². The fourth-order valence-corrected chi connectivity index (χ4v) is 2.33. The molecule has 0 unspecified atom stereocenters. The number of halogens is 1. The number of allylic oxidation sites excluding steroid dienone is 1. The number of benzene rings is 1. The fraction of sp³-hybridized carbons (Fsp3) is 0.125. The highest BCUT2D eigenvalue weighted by Gasteiger charge is 2.25. The van der Waals surface area contributed by atoms with Crippen LogP contribution in [-0.2, 0) is 6.42 Å². The number of rotatable bonds is 1. The summed E-state index contributed by atoms with van der Waals surface area (Å²) in [7, 11) is 0. The Hall–Kier alpha value is -2.29. The number of nitrogens with zero attached hydrogens (tertiary/aromatic N) is 1. The monoisotopic (exact) mass is 253 g/mol. The van der Waals surface area contributed by atoms with Crippen molar-refractivity contribution in [3.05, 3.63) is 70.3 Å². The van der Waals surface area contributed by atoms with Gasteiger partial charge in [0, 0.05) is 29.4 Å². The van der Waals surface area contributed by atoms with Crippen LogP contribution in [0.5, 0.6) is 0 Å². The van der Waals surface area contributed by atoms with Crippen LogP contribution < -0.4 is 0 Å². The third kappa shape index (κ3) is 2.08. The highest BCUT2D eigenvalue weighted by Crippen LogP contribution is 2.28. The quantitative estimate of drug-likeness (QED) is 0.729. The molecule has 0 spiro atoms. The SMILES string of the molecule is Cc1ncccc1/C=C1/Cc2ccc(F)cc2C1=O. The van der Waals surface area contributed by atoms with Crippen LogP contribution in [0.25, 0.3) is 6.08 Å². The molecular formula is C16H12FNO. The molecule has 0 aliphatic heterocycles. The third-order valence-electron chi connectivity index (χ3n) is 3.37. The van der Waals surface area contributed by atoms with Crippen molar-refractivity contribution in [1.82, 2.24) is 4.98 Å². The van der Waals surface area contributed by atoms with Crippen molar-refractivity contribution in [2.24, 2.45) is 0 Å². The Bertz CT molecular complexity index is 704. The first-order valence-corrected chi connectivity index (χ1v) is 6.10. The summed E-state index contributed by atoms with van der Waals surface area (Å²) in [5.74, 6) is -0.455. The molecule has 0 fully saturated rings. The van der Waals surface area contributed by atoms with Crippen LogP contribution in [0.2, 0.25) is 0 Å². The van der Waals surface area contributed by atoms with Gasteiger partial charge in [0.25, 0.3) is 0 Å². The molecule has 0 radical (unpaired) electrons. The molecule has 2 aromatic rings. The number of aryl methyl sites for hydroxylation is 1. The molecule has 1 heterocycles. The summed E-state index contributed by atoms with van der Waals surface area (Å²) in [5.41, 5.74) is 3.87. The summed E-state index contributed by atoms with van der Waals surface area (Å²) in [6.07, 6.45) is 4.13. The topological polar surface area (TPSA) is 30.0 Å². The molecule has 2 nitrogen and oxygen atoms in total. The van der Waals surface area contributed by atoms with Crippen LogP contribution in [-0.4, -0.2) is 10.8 Å². The van der Waals surface area contributed by atoms with Crippen molar-refractivity contribution in [3.63, 3.8) is 0 Å². The predicted molar refractivity (Wildman–Crippen MR) is 71.4 cm³/mol. The maximum Gasteiger partial charge on any atom is 0.189 e. The molecule has 1 aromatic carbocycles. The van der Waals surface area contributed by atoms with Gasteiger partial charge in [-0.3, -0.25) is 9.78 Å². The van der Waals surface area contributed by atoms with Crippen LogP contribution in [0.15, 0.2) is 42.1 Å². The van der Waals surface area contributed by atoms with Gasteiger partial charge in [-0.25, -0.2) is 4.39 Å². The van der Waals surface area contributed by atoms with Crippen molar-refractivity contribution in [1.29, 1.82) is 0 Å². The van der Waals surface area contributed by atoms with E-state index in [1.807, 2.05) is 25.1 Å². The second-order valence-electron chi connectivity index (χ2n) is 4.65. The zero-order valence-corrected chi connectivity index (χ0v) is 10.5. The molecule has 0 bridgehead atoms. The Morgan fingerprint density at radius 1 is 1.32 bits per heavy atom. The molecule has 3 heteroatoms. The predicted octanol–water partition coefficient (Wildman–Crippen LogP) is 3.35. The first kappa shape index (κ1) is 11.8. The zero-order valence-electron chi connectivity index (χ0n) is 10.5. The Morgan fingerprint density at radius 2 is 2.16 bits per heavy atom. The van der Waals surface area contributed by atoms with Gasteiger partial charge in [-0.2, -0.15) is 0 Å². The van der Waals surface area contributed by atoms with Gasteiger partial charge >= 0.3 is 0 Å². The van der Waals surface area contributed by atoms with Crippen LogP contribution in [0, 0.1) is 12.7 Å². The van der Waals surface area contributed by atoms with E-state index in [-0.39, 0.29) is 11.6 Å². The van der Waals surface area contributed by atoms with Crippen molar-refractivity contribution >= 4 is 11.9 Å². The highest BCUT2D eigenvalue weighted by atomic mass is 19.1. The van der Waals surface area contributed by atoms with Gasteiger partial charge < -0.3 is 0 Å². The second-order valence-corrected chi connectivity index (χ2v) is 4.65. The Kier molecular flexibility index (Phi) is 2.75. The normalized spacial score (nSPS) is 15.9. The molecule has 19 heavy (non-hydrogen) atoms. The molecule has 1 aliphatic carbocycles. The molecular weight excluding hydrogens is 241 g/mol. The number of carbonyl (C=O) groups is 1. The van der Waals surface area contributed by atoms with E-state index in [0.717, 1.165) is 16.8 Å². The van der Waals surface area contributed by atoms with Crippen LogP contribution in [0.1, 0.15) is 27.2 Å². The summed E-state index contributed by atoms with van der Waals surface area (Å²) in [4.78, 5) is 16.4. The van der Waals surface area contributed by atoms with Crippen molar-refractivity contribution in [3.8, 4) is 0 Å². The molecule has 0 amide bonds. The molecule has 0 saturated heterocycles. The second kappa shape index (κ2) is 4.43. The lowest BCUT2D eigenvalue weighted by atomic mass is 10.1. The lowest BCUT2D eigenvalue weighted by Gasteiger charge is -1.99. The molecule has 0 N–H and O–H groups in total. The Morgan fingerprint density at radius 3 is 2.95 bits per heavy atom. The maximum atomic E-state index is 13.2. The first-order chi connectivity index (χ1) is 9.15. The number of ketones is 1. The molecule has 94 valence electrons. The summed E-state index contributed by atoms with van der Waals surface area (Å²) >= 11 is 0. The van der Waals surface area contributed by atoms with Gasteiger partial charge in [0.15, 0.2) is 5.78 Å². The molecule has 0 saturated carbocycles. The number of hydrogen-bond donors (Lipinski definition) is 0. The van der Waals surface area contributed by atoms with E-state index in [1.165, 1.54) is 12.1 Å². The lowest BCUT2D eigenvalue weighted by molar-refractivity contribution is 0.104. The van der Waals surface area contributed by atoms with E-state index in [0.29, 0.717) is 17.6 Å². The van der Waals surface area contributed by atoms with Crippen molar-refractivity contribution < 1.29 is 9.18 Å². The number of Topliss-reactive ketones (excluding diaryl/α,β-unsaturated/α-hetero) is 1. The average molecular weight is 253 g/mol. The van der Waals surface area contributed by atoms with E-state index in [2.05, 4.69) is 4.98 Å². The fourth-order valence-electron chi connectivity index (χ4n) is 2.33. The Balaban J connectivity index is 2.03. The van der Waals surface area contributed by atoms with Gasteiger partial charge in [0.1, 0.15) is 5.82 Å². The molecule has 1 aromatic heterocycles. The standard InChI is InChI=1S/C16H12FNO/c1-10-11(3-2-6-18-10)7-13-8-12-4-5-14(17)9-15(12)16(13)19/h2-7,9H,8H2,1H3/b13-7-. The van der Waals surface area contributed by atoms with Crippen LogP contribution in [0.3, 0.4) is 0 Å². The summed E-state index contributed by atoms with van der Waals surface area (Å²) < 4.78 is 13.2. The van der Waals surface area contributed by atoms with E-state index in [9.17, 15) is 9.18 Å². The van der Waals surface area contributed by atoms with Crippen molar-refractivity contribution in [2.75, 3.05) is 0 Å². The van der Waals surface area contributed by atoms with Crippen molar-refractivity contribution in [2.45, 2.75) is 13.3 Å². The minimum absolute atomic E-state index is 0.0854. The Labute approximate surface area is 110 Å². The van der Waals surface area contributed by atoms with Gasteiger partial charge in [0.05, 0.1) is 0 Å². The van der Waals surface area contributed by atoms with E-state index in [4.69, 9.17) is 0 Å². The maximum absolute atomic E-state index is 13.2. The minimum Gasteiger partial charge on any atom is -0.289 e. The van der Waals surface area contributed by atoms with Gasteiger partial charge in [-0.05, 0) is 42.3 Å². The van der Waals surface area contributed by atoms with Crippen LogP contribution >= 0.6 is 0 Å². The lowest BCUT2D eigenvalue weighted by Crippen LogP contribution is -1.96. The number of aromatic nitrogens is 1. The zero-order chi connectivity index (χ0) is 13.4. The summed E-state index contributed by atoms with van der Waals surface area (Å²) in [6.45, 7) is 1.90. The molecule has 3 rings (SSSR count). The first-order valence-electron chi connectivity index (χ1n) is 6.10. The van der Waals surface area contributed by atoms with E-state index in [1.54, 1.807) is 12.3 Å². The number of hydrogen-bond acceptors (Lipinski definition) is 2. The minimum atomic E-state index is -0.370. The number of pyridine rings is 1. The van der Waals surface area contributed by atoms with E-state index >= 15 is 0 Å². The van der Waals surface area contributed by atoms with Crippen LogP contribution in [0.4, 0.5) is 4.39 Å². The average Bonchev–Trinajstić information content (AvgIpc) is 2.70. The summed E-state index contributed by atoms with van der Waals surface area (Å²) in [5, 5.41) is 0. The smallest absolute Gasteiger partial charge is 0.189 e. The van der Waals surface area contributed by atoms with Gasteiger partial charge in [-0.1, -0.05) is 12.1 Å². The van der Waals surface area contributed by atoms with Gasteiger partial charge in [0.2, 0.25) is 0 Å². The van der Waals surface area contributed by atoms with Gasteiger partial charge in [-0.15, -0.1) is 0 Å². The molecule has 1 aliphatic rings. The third-order valence-corrected chi connectivity index (χ3v) is 3.37. The number of fused-ring (bicyclic) bond motifs is 1. The molecule has 0 atom stereocenters. The number of carbonyl (C=O) groups excluding carboxylic acids is 1. The summed E-state index contributed by atoms with van der Waals surface area (Å²) in [6, 6.07) is 8.15. The largest absolute Gasteiger partial charge is 0.289 e. The highest BCUT2D eigenvalue weighted by molar-refractivity contribution is 6.15.